The SMILES string of the molecule is CN(C)C(=O)[C@@H](c1ccccc1)N1CCN(C(=O)[C@H]2COc3ccccc3O2)CC1. The van der Waals surface area contributed by atoms with Crippen molar-refractivity contribution in [3.05, 3.63) is 60.2 Å². The molecule has 1 fully saturated rings. The van der Waals surface area contributed by atoms with Crippen LogP contribution in [-0.2, 0) is 9.59 Å². The summed E-state index contributed by atoms with van der Waals surface area (Å²) in [5.74, 6) is 1.24. The van der Waals surface area contributed by atoms with Crippen LogP contribution in [0.5, 0.6) is 11.5 Å². The number of likely N-dealkylation sites (N-methyl/N-ethyl adjacent to an activating group) is 1. The van der Waals surface area contributed by atoms with E-state index < -0.39 is 6.10 Å². The molecule has 1 saturated heterocycles. The van der Waals surface area contributed by atoms with Crippen molar-refractivity contribution >= 4 is 11.8 Å². The van der Waals surface area contributed by atoms with E-state index in [0.717, 1.165) is 5.56 Å². The molecular weight excluding hydrogens is 382 g/mol. The first-order valence-corrected chi connectivity index (χ1v) is 10.2. The summed E-state index contributed by atoms with van der Waals surface area (Å²) >= 11 is 0. The average Bonchev–Trinajstić information content (AvgIpc) is 2.79. The van der Waals surface area contributed by atoms with Gasteiger partial charge < -0.3 is 19.3 Å². The Balaban J connectivity index is 1.41. The first kappa shape index (κ1) is 20.2. The molecule has 2 heterocycles. The van der Waals surface area contributed by atoms with Gasteiger partial charge in [0.2, 0.25) is 12.0 Å². The molecule has 2 aliphatic rings. The number of benzene rings is 2. The second kappa shape index (κ2) is 8.75. The smallest absolute Gasteiger partial charge is 0.267 e. The summed E-state index contributed by atoms with van der Waals surface area (Å²) in [6.45, 7) is 2.54. The molecule has 2 aromatic rings. The maximum absolute atomic E-state index is 13.0. The third-order valence-corrected chi connectivity index (χ3v) is 5.57. The van der Waals surface area contributed by atoms with E-state index in [1.165, 1.54) is 0 Å². The van der Waals surface area contributed by atoms with Crippen LogP contribution in [0.4, 0.5) is 0 Å². The number of rotatable bonds is 4. The fourth-order valence-electron chi connectivity index (χ4n) is 3.93. The van der Waals surface area contributed by atoms with E-state index in [2.05, 4.69) is 4.90 Å². The lowest BCUT2D eigenvalue weighted by Gasteiger charge is -2.40. The van der Waals surface area contributed by atoms with Crippen molar-refractivity contribution in [3.8, 4) is 11.5 Å². The molecule has 30 heavy (non-hydrogen) atoms. The fourth-order valence-corrected chi connectivity index (χ4v) is 3.93. The largest absolute Gasteiger partial charge is 0.485 e. The van der Waals surface area contributed by atoms with Crippen LogP contribution in [0.3, 0.4) is 0 Å². The lowest BCUT2D eigenvalue weighted by Crippen LogP contribution is -2.55. The molecule has 0 aromatic heterocycles. The monoisotopic (exact) mass is 409 g/mol. The molecule has 0 N–H and O–H groups in total. The number of nitrogens with zero attached hydrogens (tertiary/aromatic N) is 3. The Labute approximate surface area is 176 Å². The third-order valence-electron chi connectivity index (χ3n) is 5.57. The topological polar surface area (TPSA) is 62.3 Å². The first-order chi connectivity index (χ1) is 14.5. The van der Waals surface area contributed by atoms with Crippen LogP contribution in [0.15, 0.2) is 54.6 Å². The van der Waals surface area contributed by atoms with Crippen molar-refractivity contribution in [3.63, 3.8) is 0 Å². The molecule has 0 radical (unpaired) electrons. The summed E-state index contributed by atoms with van der Waals surface area (Å²) in [4.78, 5) is 31.4. The summed E-state index contributed by atoms with van der Waals surface area (Å²) in [7, 11) is 3.55. The Morgan fingerprint density at radius 3 is 2.23 bits per heavy atom. The number of piperazine rings is 1. The van der Waals surface area contributed by atoms with Gasteiger partial charge in [-0.25, -0.2) is 0 Å². The molecule has 0 saturated carbocycles. The van der Waals surface area contributed by atoms with Crippen molar-refractivity contribution in [1.82, 2.24) is 14.7 Å². The molecule has 0 spiro atoms. The van der Waals surface area contributed by atoms with Crippen LogP contribution in [0.2, 0.25) is 0 Å². The molecule has 0 aliphatic carbocycles. The molecule has 0 bridgehead atoms. The summed E-state index contributed by atoms with van der Waals surface area (Å²) in [6, 6.07) is 16.8. The minimum Gasteiger partial charge on any atom is -0.485 e. The molecule has 2 aromatic carbocycles. The highest BCUT2D eigenvalue weighted by atomic mass is 16.6. The summed E-state index contributed by atoms with van der Waals surface area (Å²) in [6.07, 6.45) is -0.639. The molecule has 7 heteroatoms. The molecule has 0 unspecified atom stereocenters. The Morgan fingerprint density at radius 2 is 1.57 bits per heavy atom. The molecule has 7 nitrogen and oxygen atoms in total. The normalized spacial score (nSPS) is 19.8. The number of amides is 2. The zero-order chi connectivity index (χ0) is 21.1. The number of carbonyl (C=O) groups is 2. The summed E-state index contributed by atoms with van der Waals surface area (Å²) in [5, 5.41) is 0. The molecule has 158 valence electrons. The van der Waals surface area contributed by atoms with E-state index >= 15 is 0 Å². The number of para-hydroxylation sites is 2. The van der Waals surface area contributed by atoms with E-state index in [1.807, 2.05) is 54.6 Å². The van der Waals surface area contributed by atoms with Crippen LogP contribution in [0.1, 0.15) is 11.6 Å². The van der Waals surface area contributed by atoms with Gasteiger partial charge in [-0.15, -0.1) is 0 Å². The highest BCUT2D eigenvalue weighted by Crippen LogP contribution is 2.31. The predicted molar refractivity (Wildman–Crippen MR) is 112 cm³/mol. The fraction of sp³-hybridized carbons (Fsp3) is 0.391. The van der Waals surface area contributed by atoms with Crippen LogP contribution in [-0.4, -0.2) is 79.5 Å². The van der Waals surface area contributed by atoms with Gasteiger partial charge in [0, 0.05) is 40.3 Å². The van der Waals surface area contributed by atoms with Gasteiger partial charge in [0.25, 0.3) is 5.91 Å². The number of fused-ring (bicyclic) bond motifs is 1. The number of hydrogen-bond acceptors (Lipinski definition) is 5. The zero-order valence-electron chi connectivity index (χ0n) is 17.4. The summed E-state index contributed by atoms with van der Waals surface area (Å²) in [5.41, 5.74) is 0.969. The average molecular weight is 409 g/mol. The second-order valence-electron chi connectivity index (χ2n) is 7.77. The van der Waals surface area contributed by atoms with E-state index in [0.29, 0.717) is 37.7 Å². The number of ether oxygens (including phenoxy) is 2. The Morgan fingerprint density at radius 1 is 0.933 bits per heavy atom. The van der Waals surface area contributed by atoms with Crippen molar-refractivity contribution in [2.75, 3.05) is 46.9 Å². The first-order valence-electron chi connectivity index (χ1n) is 10.2. The van der Waals surface area contributed by atoms with Gasteiger partial charge in [-0.2, -0.15) is 0 Å². The van der Waals surface area contributed by atoms with Gasteiger partial charge in [-0.05, 0) is 17.7 Å². The van der Waals surface area contributed by atoms with E-state index in [-0.39, 0.29) is 24.5 Å². The second-order valence-corrected chi connectivity index (χ2v) is 7.77. The Hall–Kier alpha value is -3.06. The predicted octanol–water partition coefficient (Wildman–Crippen LogP) is 1.80. The van der Waals surface area contributed by atoms with Crippen LogP contribution in [0.25, 0.3) is 0 Å². The van der Waals surface area contributed by atoms with E-state index in [9.17, 15) is 9.59 Å². The van der Waals surface area contributed by atoms with Crippen LogP contribution < -0.4 is 9.47 Å². The number of carbonyl (C=O) groups excluding carboxylic acids is 2. The van der Waals surface area contributed by atoms with Gasteiger partial charge in [0.05, 0.1) is 0 Å². The standard InChI is InChI=1S/C23H27N3O4/c1-24(2)23(28)21(17-8-4-3-5-9-17)25-12-14-26(15-13-25)22(27)20-16-29-18-10-6-7-11-19(18)30-20/h3-11,20-21H,12-16H2,1-2H3/t20-,21-/m1/s1. The highest BCUT2D eigenvalue weighted by Gasteiger charge is 2.36. The molecular formula is C23H27N3O4. The quantitative estimate of drug-likeness (QED) is 0.771. The number of hydrogen-bond donors (Lipinski definition) is 0. The van der Waals surface area contributed by atoms with Gasteiger partial charge in [-0.3, -0.25) is 14.5 Å². The minimum absolute atomic E-state index is 0.0431. The maximum atomic E-state index is 13.0. The van der Waals surface area contributed by atoms with Crippen molar-refractivity contribution < 1.29 is 19.1 Å². The minimum atomic E-state index is -0.639. The van der Waals surface area contributed by atoms with Gasteiger partial charge in [0.15, 0.2) is 11.5 Å². The van der Waals surface area contributed by atoms with Gasteiger partial charge >= 0.3 is 0 Å². The maximum Gasteiger partial charge on any atom is 0.267 e. The van der Waals surface area contributed by atoms with Crippen LogP contribution >= 0.6 is 0 Å². The van der Waals surface area contributed by atoms with Gasteiger partial charge in [0.1, 0.15) is 12.6 Å². The highest BCUT2D eigenvalue weighted by molar-refractivity contribution is 5.83. The van der Waals surface area contributed by atoms with Crippen molar-refractivity contribution in [2.45, 2.75) is 12.1 Å². The molecule has 2 amide bonds. The Kier molecular flexibility index (Phi) is 5.90. The lowest BCUT2D eigenvalue weighted by atomic mass is 10.0. The van der Waals surface area contributed by atoms with E-state index in [4.69, 9.17) is 9.47 Å². The Bertz CT molecular complexity index is 894. The molecule has 2 aliphatic heterocycles. The lowest BCUT2D eigenvalue weighted by molar-refractivity contribution is -0.144. The molecule has 4 rings (SSSR count). The van der Waals surface area contributed by atoms with Crippen molar-refractivity contribution in [2.24, 2.45) is 0 Å². The summed E-state index contributed by atoms with van der Waals surface area (Å²) < 4.78 is 11.6. The molecule has 2 atom stereocenters. The third kappa shape index (κ3) is 4.11. The van der Waals surface area contributed by atoms with Gasteiger partial charge in [-0.1, -0.05) is 42.5 Å². The van der Waals surface area contributed by atoms with E-state index in [1.54, 1.807) is 23.9 Å². The zero-order valence-corrected chi connectivity index (χ0v) is 17.4. The van der Waals surface area contributed by atoms with Crippen LogP contribution in [0, 0.1) is 0 Å². The van der Waals surface area contributed by atoms with Crippen molar-refractivity contribution in [1.29, 1.82) is 0 Å².